The average Bonchev–Trinajstić information content (AvgIpc) is 2.82. The summed E-state index contributed by atoms with van der Waals surface area (Å²) in [6, 6.07) is 5.76. The Hall–Kier alpha value is -2.78. The van der Waals surface area contributed by atoms with E-state index >= 15 is 0 Å². The molecule has 3 N–H and O–H groups in total. The Labute approximate surface area is 200 Å². The van der Waals surface area contributed by atoms with E-state index in [2.05, 4.69) is 14.6 Å². The van der Waals surface area contributed by atoms with Crippen LogP contribution in [0.2, 0.25) is 0 Å². The van der Waals surface area contributed by atoms with E-state index in [-0.39, 0.29) is 30.8 Å². The maximum atomic E-state index is 12.5. The summed E-state index contributed by atoms with van der Waals surface area (Å²) in [5, 5.41) is 10.2. The van der Waals surface area contributed by atoms with Crippen molar-refractivity contribution in [3.63, 3.8) is 0 Å². The van der Waals surface area contributed by atoms with Crippen LogP contribution in [0, 0.1) is 6.92 Å². The minimum absolute atomic E-state index is 0.0381. The van der Waals surface area contributed by atoms with Crippen molar-refractivity contribution in [2.75, 3.05) is 20.1 Å². The molecule has 11 heteroatoms. The summed E-state index contributed by atoms with van der Waals surface area (Å²) >= 11 is 0. The molecule has 184 valence electrons. The van der Waals surface area contributed by atoms with Gasteiger partial charge in [0.25, 0.3) is 0 Å². The van der Waals surface area contributed by atoms with Crippen LogP contribution in [-0.4, -0.2) is 53.2 Å². The molecule has 0 spiro atoms. The molecule has 2 atom stereocenters. The molecule has 1 fully saturated rings. The highest BCUT2D eigenvalue weighted by Gasteiger charge is 2.25. The fourth-order valence-corrected chi connectivity index (χ4v) is 4.24. The van der Waals surface area contributed by atoms with Crippen molar-refractivity contribution in [3.05, 3.63) is 47.3 Å². The molecular weight excluding hydrogens is 459 g/mol. The third-order valence-corrected chi connectivity index (χ3v) is 6.49. The Morgan fingerprint density at radius 2 is 2.03 bits per heavy atom. The minimum Gasteiger partial charge on any atom is -0.575 e. The fraction of sp³-hybridized carbons (Fsp3) is 0.478. The summed E-state index contributed by atoms with van der Waals surface area (Å²) in [5.41, 5.74) is 7.41. The number of carbonyl (C=O) groups is 1. The number of hydrogen-bond donors (Lipinski definition) is 2. The first-order valence-corrected chi connectivity index (χ1v) is 12.2. The van der Waals surface area contributed by atoms with Gasteiger partial charge in [0.1, 0.15) is 18.5 Å². The van der Waals surface area contributed by atoms with Gasteiger partial charge in [0.2, 0.25) is 5.75 Å². The van der Waals surface area contributed by atoms with Crippen molar-refractivity contribution >= 4 is 14.1 Å². The minimum atomic E-state index is -2.55. The van der Waals surface area contributed by atoms with Gasteiger partial charge in [0.15, 0.2) is 11.8 Å². The predicted octanol–water partition coefficient (Wildman–Crippen LogP) is 2.39. The zero-order chi connectivity index (χ0) is 24.7. The number of esters is 1. The Balaban J connectivity index is 1.62. The predicted molar refractivity (Wildman–Crippen MR) is 125 cm³/mol. The van der Waals surface area contributed by atoms with Crippen LogP contribution >= 0.6 is 8.17 Å². The third kappa shape index (κ3) is 6.87. The van der Waals surface area contributed by atoms with Crippen molar-refractivity contribution in [1.82, 2.24) is 9.88 Å². The highest BCUT2D eigenvalue weighted by atomic mass is 31.1. The number of piperidine rings is 1. The van der Waals surface area contributed by atoms with E-state index < -0.39 is 20.2 Å². The standard InChI is InChI=1S/C23H31N4O6P/c1-15-22(28)19(12-24)17(13-25-15)14-31-20-6-4-5-7-21(20)33-34(30)26-16(2)23(29)32-18-8-10-27(3)11-9-18/h4-7,13,16,18,28H,8-12,14,24H2,1-3H3/t16-/m0/s1. The number of aryl methyl sites for hydroxylation is 1. The van der Waals surface area contributed by atoms with E-state index in [1.807, 2.05) is 7.05 Å². The molecule has 3 rings (SSSR count). The average molecular weight is 490 g/mol. The molecule has 2 aromatic rings. The van der Waals surface area contributed by atoms with Crippen LogP contribution in [0.15, 0.2) is 35.2 Å². The van der Waals surface area contributed by atoms with Crippen LogP contribution in [0.5, 0.6) is 17.2 Å². The molecule has 0 amide bonds. The van der Waals surface area contributed by atoms with Gasteiger partial charge >= 0.3 is 14.1 Å². The number of pyridine rings is 1. The Bertz CT molecular complexity index is 1030. The lowest BCUT2D eigenvalue weighted by molar-refractivity contribution is -0.170. The van der Waals surface area contributed by atoms with Crippen molar-refractivity contribution in [1.29, 1.82) is 0 Å². The Morgan fingerprint density at radius 3 is 2.71 bits per heavy atom. The van der Waals surface area contributed by atoms with Crippen LogP contribution in [0.25, 0.3) is 0 Å². The molecule has 0 aliphatic carbocycles. The third-order valence-electron chi connectivity index (χ3n) is 5.60. The lowest BCUT2D eigenvalue weighted by atomic mass is 10.1. The van der Waals surface area contributed by atoms with Crippen LogP contribution < -0.4 is 19.9 Å². The molecule has 1 aliphatic heterocycles. The second-order valence-electron chi connectivity index (χ2n) is 8.20. The number of hydrogen-bond acceptors (Lipinski definition) is 10. The number of aromatic nitrogens is 1. The van der Waals surface area contributed by atoms with Gasteiger partial charge in [-0.05, 0) is 45.9 Å². The van der Waals surface area contributed by atoms with Crippen molar-refractivity contribution < 1.29 is 28.8 Å². The second-order valence-corrected chi connectivity index (χ2v) is 9.08. The van der Waals surface area contributed by atoms with Gasteiger partial charge in [-0.2, -0.15) is 0 Å². The zero-order valence-electron chi connectivity index (χ0n) is 19.6. The summed E-state index contributed by atoms with van der Waals surface area (Å²) in [7, 11) is -0.519. The molecule has 1 saturated heterocycles. The molecule has 0 bridgehead atoms. The van der Waals surface area contributed by atoms with Crippen molar-refractivity contribution in [2.24, 2.45) is 10.5 Å². The normalized spacial score (nSPS) is 16.2. The van der Waals surface area contributed by atoms with Gasteiger partial charge in [0.05, 0.1) is 5.69 Å². The summed E-state index contributed by atoms with van der Waals surface area (Å²) in [4.78, 5) is 31.2. The maximum absolute atomic E-state index is 12.5. The van der Waals surface area contributed by atoms with E-state index in [9.17, 15) is 14.8 Å². The molecular formula is C23H31N4O6P. The number of benzene rings is 1. The van der Waals surface area contributed by atoms with Crippen LogP contribution in [0.3, 0.4) is 0 Å². The first-order valence-electron chi connectivity index (χ1n) is 11.1. The maximum Gasteiger partial charge on any atom is 0.395 e. The van der Waals surface area contributed by atoms with Gasteiger partial charge in [-0.3, -0.25) is 9.51 Å². The summed E-state index contributed by atoms with van der Waals surface area (Å²) < 4.78 is 20.7. The fourth-order valence-electron chi connectivity index (χ4n) is 3.50. The number of aromatic hydroxyl groups is 1. The largest absolute Gasteiger partial charge is 0.575 e. The Kier molecular flexibility index (Phi) is 9.18. The molecule has 1 unspecified atom stereocenters. The number of nitrogens with zero attached hydrogens (tertiary/aromatic N) is 3. The van der Waals surface area contributed by atoms with Crippen molar-refractivity contribution in [2.45, 2.75) is 52.0 Å². The summed E-state index contributed by atoms with van der Waals surface area (Å²) in [6.07, 6.45) is 2.97. The highest BCUT2D eigenvalue weighted by molar-refractivity contribution is 7.34. The molecule has 1 aromatic heterocycles. The number of ether oxygens (including phenoxy) is 2. The van der Waals surface area contributed by atoms with Crippen molar-refractivity contribution in [3.8, 4) is 17.2 Å². The lowest BCUT2D eigenvalue weighted by Crippen LogP contribution is -2.36. The second kappa shape index (κ2) is 12.1. The van der Waals surface area contributed by atoms with Gasteiger partial charge < -0.3 is 30.1 Å². The zero-order valence-corrected chi connectivity index (χ0v) is 20.5. The number of rotatable bonds is 9. The highest BCUT2D eigenvalue weighted by Crippen LogP contribution is 2.34. The van der Waals surface area contributed by atoms with Gasteiger partial charge in [0, 0.05) is 37.0 Å². The summed E-state index contributed by atoms with van der Waals surface area (Å²) in [6.45, 7) is 5.14. The van der Waals surface area contributed by atoms with E-state index in [1.54, 1.807) is 37.4 Å². The molecule has 2 heterocycles. The first-order chi connectivity index (χ1) is 16.3. The van der Waals surface area contributed by atoms with E-state index in [0.717, 1.165) is 25.9 Å². The van der Waals surface area contributed by atoms with Gasteiger partial charge in [-0.25, -0.2) is 4.79 Å². The molecule has 1 aromatic carbocycles. The number of likely N-dealkylation sites (tertiary alicyclic amines) is 1. The van der Waals surface area contributed by atoms with Crippen LogP contribution in [-0.2, 0) is 22.7 Å². The topological polar surface area (TPSA) is 143 Å². The van der Waals surface area contributed by atoms with Gasteiger partial charge in [-0.15, -0.1) is 0 Å². The Morgan fingerprint density at radius 1 is 1.35 bits per heavy atom. The quantitative estimate of drug-likeness (QED) is 0.400. The number of nitrogens with two attached hydrogens (primary N) is 1. The SMILES string of the molecule is Cc1ncc(COc2ccccc2O[P+]([O-])=N[C@@H](C)C(=O)OC2CCN(C)CC2)c(CN)c1O. The number of carbonyl (C=O) groups excluding carboxylic acids is 1. The smallest absolute Gasteiger partial charge is 0.395 e. The monoisotopic (exact) mass is 490 g/mol. The molecule has 34 heavy (non-hydrogen) atoms. The van der Waals surface area contributed by atoms with E-state index in [0.29, 0.717) is 22.6 Å². The van der Waals surface area contributed by atoms with Gasteiger partial charge in [-0.1, -0.05) is 16.9 Å². The molecule has 1 aliphatic rings. The lowest BCUT2D eigenvalue weighted by Gasteiger charge is -2.28. The van der Waals surface area contributed by atoms with E-state index in [4.69, 9.17) is 19.7 Å². The summed E-state index contributed by atoms with van der Waals surface area (Å²) in [5.74, 6) is 0.0515. The molecule has 0 radical (unpaired) electrons. The van der Waals surface area contributed by atoms with Crippen LogP contribution in [0.1, 0.15) is 36.6 Å². The first kappa shape index (κ1) is 25.8. The number of para-hydroxylation sites is 2. The molecule has 0 saturated carbocycles. The van der Waals surface area contributed by atoms with Crippen LogP contribution in [0.4, 0.5) is 0 Å². The molecule has 10 nitrogen and oxygen atoms in total. The van der Waals surface area contributed by atoms with E-state index in [1.165, 1.54) is 6.92 Å².